The first-order valence-electron chi connectivity index (χ1n) is 12.9. The predicted octanol–water partition coefficient (Wildman–Crippen LogP) is 9.07. The maximum absolute atomic E-state index is 2.41. The zero-order valence-electron chi connectivity index (χ0n) is 20.9. The van der Waals surface area contributed by atoms with Crippen molar-refractivity contribution >= 4 is 18.2 Å². The second-order valence-electron chi connectivity index (χ2n) is 10.0. The summed E-state index contributed by atoms with van der Waals surface area (Å²) in [5.41, 5.74) is 12.2. The third-order valence-corrected chi connectivity index (χ3v) is 16.8. The summed E-state index contributed by atoms with van der Waals surface area (Å²) < 4.78 is 3.98. The molecule has 3 aromatic rings. The molecule has 0 radical (unpaired) electrons. The predicted molar refractivity (Wildman–Crippen MR) is 146 cm³/mol. The Morgan fingerprint density at radius 1 is 0.667 bits per heavy atom. The van der Waals surface area contributed by atoms with Gasteiger partial charge in [-0.25, -0.2) is 0 Å². The van der Waals surface area contributed by atoms with E-state index in [-0.39, 0.29) is 0 Å². The summed E-state index contributed by atoms with van der Waals surface area (Å²) >= 11 is -1.04. The molecule has 3 atom stereocenters. The Hall–Kier alpha value is -1.87. The minimum atomic E-state index is -0.616. The molecule has 3 aromatic carbocycles. The average Bonchev–Trinajstić information content (AvgIpc) is 3.68. The third-order valence-electron chi connectivity index (χ3n) is 7.54. The fourth-order valence-electron chi connectivity index (χ4n) is 5.70. The van der Waals surface area contributed by atoms with Crippen LogP contribution in [0.15, 0.2) is 112 Å². The molecule has 0 N–H and O–H groups in total. The Morgan fingerprint density at radius 3 is 1.81 bits per heavy atom. The third kappa shape index (κ3) is 4.97. The van der Waals surface area contributed by atoms with Crippen molar-refractivity contribution in [2.45, 2.75) is 31.1 Å². The van der Waals surface area contributed by atoms with Crippen LogP contribution in [-0.4, -0.2) is 0 Å². The van der Waals surface area contributed by atoms with Gasteiger partial charge in [0.15, 0.2) is 0 Å². The average molecular weight is 621 g/mol. The molecule has 0 spiro atoms. The normalized spacial score (nSPS) is 22.1. The van der Waals surface area contributed by atoms with Crippen LogP contribution in [0, 0.1) is 0 Å². The SMILES string of the molecule is C1=CC[C]([Zr][CH]2C=Cc3ccccc32)=C1.CC1=Cc2ccccc2[CH]1[Zr][CH]1C(C)=Cc2ccccc21. The van der Waals surface area contributed by atoms with Gasteiger partial charge in [-0.3, -0.25) is 0 Å². The standard InChI is InChI=1S/2C10H9.C9H7.C5H5.2Zr/c2*1-8-6-9-4-2-3-5-10(9)7-8;1-2-5-9-7-3-6-8(9)4-1;1-2-4-5-3-1;;/h2*2-7H,1H3;1-7H;1-3H,4H2;;. The topological polar surface area (TPSA) is 0 Å². The van der Waals surface area contributed by atoms with Gasteiger partial charge in [0.25, 0.3) is 0 Å². The Bertz CT molecular complexity index is 1380. The van der Waals surface area contributed by atoms with E-state index >= 15 is 0 Å². The van der Waals surface area contributed by atoms with Crippen LogP contribution in [0.5, 0.6) is 0 Å². The van der Waals surface area contributed by atoms with E-state index in [2.05, 4.69) is 129 Å². The van der Waals surface area contributed by atoms with E-state index in [1.807, 2.05) is 0 Å². The summed E-state index contributed by atoms with van der Waals surface area (Å²) in [6.45, 7) is 4.65. The first-order chi connectivity index (χ1) is 17.7. The van der Waals surface area contributed by atoms with Gasteiger partial charge in [0.2, 0.25) is 0 Å². The fourth-order valence-corrected chi connectivity index (χ4v) is 13.9. The van der Waals surface area contributed by atoms with Gasteiger partial charge in [-0.15, -0.1) is 0 Å². The van der Waals surface area contributed by atoms with E-state index in [4.69, 9.17) is 0 Å². The number of hydrogen-bond donors (Lipinski definition) is 0. The molecule has 2 heteroatoms. The van der Waals surface area contributed by atoms with Gasteiger partial charge in [0.1, 0.15) is 0 Å². The molecule has 3 unspecified atom stereocenters. The van der Waals surface area contributed by atoms with Crippen molar-refractivity contribution < 1.29 is 46.5 Å². The van der Waals surface area contributed by atoms with Crippen LogP contribution in [0.25, 0.3) is 18.2 Å². The molecule has 0 heterocycles. The number of benzene rings is 3. The summed E-state index contributed by atoms with van der Waals surface area (Å²) in [6, 6.07) is 26.8. The Balaban J connectivity index is 0.000000141. The zero-order valence-corrected chi connectivity index (χ0v) is 25.8. The van der Waals surface area contributed by atoms with Gasteiger partial charge >= 0.3 is 241 Å². The van der Waals surface area contributed by atoms with E-state index in [1.165, 1.54) is 23.1 Å². The van der Waals surface area contributed by atoms with E-state index in [9.17, 15) is 0 Å². The molecule has 0 amide bonds. The van der Waals surface area contributed by atoms with Crippen molar-refractivity contribution in [1.82, 2.24) is 0 Å². The van der Waals surface area contributed by atoms with Gasteiger partial charge in [-0.05, 0) is 0 Å². The number of hydrogen-bond acceptors (Lipinski definition) is 0. The van der Waals surface area contributed by atoms with Crippen LogP contribution in [0.3, 0.4) is 0 Å². The molecule has 0 aromatic heterocycles. The second-order valence-corrected chi connectivity index (χ2v) is 17.5. The molecule has 0 aliphatic heterocycles. The van der Waals surface area contributed by atoms with E-state index in [0.717, 1.165) is 10.9 Å². The summed E-state index contributed by atoms with van der Waals surface area (Å²) in [5, 5.41) is 0. The van der Waals surface area contributed by atoms with Gasteiger partial charge in [-0.2, -0.15) is 0 Å². The van der Waals surface area contributed by atoms with Crippen molar-refractivity contribution in [3.8, 4) is 0 Å². The van der Waals surface area contributed by atoms with Gasteiger partial charge in [-0.1, -0.05) is 0 Å². The summed E-state index contributed by atoms with van der Waals surface area (Å²) in [7, 11) is 0. The molecular weight excluding hydrogens is 591 g/mol. The fraction of sp³-hybridized carbons (Fsp3) is 0.176. The van der Waals surface area contributed by atoms with E-state index in [1.54, 1.807) is 31.1 Å². The van der Waals surface area contributed by atoms with E-state index < -0.39 is 46.5 Å². The summed E-state index contributed by atoms with van der Waals surface area (Å²) in [5.74, 6) is 0. The Morgan fingerprint density at radius 2 is 1.22 bits per heavy atom. The minimum absolute atomic E-state index is 0.427. The molecule has 0 saturated carbocycles. The van der Waals surface area contributed by atoms with Crippen molar-refractivity contribution in [3.63, 3.8) is 0 Å². The Kier molecular flexibility index (Phi) is 7.37. The molecule has 4 aliphatic carbocycles. The molecule has 0 nitrogen and oxygen atoms in total. The van der Waals surface area contributed by atoms with Crippen LogP contribution in [0.1, 0.15) is 64.5 Å². The van der Waals surface area contributed by atoms with E-state index in [0.29, 0.717) is 0 Å². The van der Waals surface area contributed by atoms with Crippen molar-refractivity contribution in [2.24, 2.45) is 0 Å². The van der Waals surface area contributed by atoms with Gasteiger partial charge in [0.05, 0.1) is 0 Å². The molecule has 0 fully saturated rings. The summed E-state index contributed by atoms with van der Waals surface area (Å²) in [4.78, 5) is 0. The van der Waals surface area contributed by atoms with Crippen LogP contribution in [0.2, 0.25) is 0 Å². The Labute approximate surface area is 238 Å². The monoisotopic (exact) mass is 618 g/mol. The molecule has 4 aliphatic rings. The molecule has 0 bridgehead atoms. The molecular formula is C34H30Zr2. The van der Waals surface area contributed by atoms with Crippen LogP contribution in [-0.2, 0) is 46.5 Å². The second kappa shape index (κ2) is 10.9. The summed E-state index contributed by atoms with van der Waals surface area (Å²) in [6.07, 6.45) is 17.6. The number of allylic oxidation sites excluding steroid dienone is 7. The molecule has 174 valence electrons. The molecule has 36 heavy (non-hydrogen) atoms. The van der Waals surface area contributed by atoms with Crippen molar-refractivity contribution in [2.75, 3.05) is 0 Å². The van der Waals surface area contributed by atoms with Gasteiger partial charge < -0.3 is 0 Å². The van der Waals surface area contributed by atoms with Crippen LogP contribution < -0.4 is 0 Å². The van der Waals surface area contributed by atoms with Crippen LogP contribution >= 0.6 is 0 Å². The van der Waals surface area contributed by atoms with Crippen molar-refractivity contribution in [1.29, 1.82) is 0 Å². The molecule has 7 rings (SSSR count). The number of fused-ring (bicyclic) bond motifs is 3. The zero-order chi connectivity index (χ0) is 24.5. The quantitative estimate of drug-likeness (QED) is 0.273. The molecule has 0 saturated heterocycles. The first-order valence-corrected chi connectivity index (χ1v) is 18.4. The van der Waals surface area contributed by atoms with Gasteiger partial charge in [0, 0.05) is 0 Å². The first kappa shape index (κ1) is 24.5. The van der Waals surface area contributed by atoms with Crippen molar-refractivity contribution in [3.05, 3.63) is 145 Å². The van der Waals surface area contributed by atoms with Crippen LogP contribution in [0.4, 0.5) is 0 Å². The number of rotatable bonds is 4. The maximum atomic E-state index is 2.41.